The van der Waals surface area contributed by atoms with Crippen molar-refractivity contribution in [3.8, 4) is 5.75 Å². The Hall–Kier alpha value is -2.93. The molecule has 1 aliphatic rings. The van der Waals surface area contributed by atoms with Gasteiger partial charge in [-0.1, -0.05) is 41.4 Å². The van der Waals surface area contributed by atoms with Gasteiger partial charge in [-0.2, -0.15) is 10.1 Å². The number of anilines is 1. The summed E-state index contributed by atoms with van der Waals surface area (Å²) in [6.45, 7) is 1.76. The van der Waals surface area contributed by atoms with E-state index in [9.17, 15) is 9.59 Å². The lowest BCUT2D eigenvalue weighted by Crippen LogP contribution is -2.21. The molecule has 0 spiro atoms. The highest BCUT2D eigenvalue weighted by Crippen LogP contribution is 2.31. The van der Waals surface area contributed by atoms with Crippen molar-refractivity contribution in [2.24, 2.45) is 5.10 Å². The second-order valence-electron chi connectivity index (χ2n) is 6.39. The van der Waals surface area contributed by atoms with Crippen LogP contribution in [-0.4, -0.2) is 17.6 Å². The Balaban J connectivity index is 1.51. The Labute approximate surface area is 186 Å². The van der Waals surface area contributed by atoms with Gasteiger partial charge in [0.2, 0.25) is 0 Å². The van der Waals surface area contributed by atoms with Crippen molar-refractivity contribution in [1.29, 1.82) is 0 Å². The summed E-state index contributed by atoms with van der Waals surface area (Å²) in [6.07, 6.45) is 1.74. The molecule has 1 aliphatic heterocycles. The molecule has 0 atom stereocenters. The molecule has 8 heteroatoms. The summed E-state index contributed by atoms with van der Waals surface area (Å²) in [5.41, 5.74) is 2.36. The van der Waals surface area contributed by atoms with Gasteiger partial charge in [0.15, 0.2) is 0 Å². The molecule has 2 aromatic carbocycles. The van der Waals surface area contributed by atoms with Crippen LogP contribution in [0.1, 0.15) is 22.2 Å². The first-order chi connectivity index (χ1) is 14.4. The van der Waals surface area contributed by atoms with Gasteiger partial charge in [0.1, 0.15) is 10.6 Å². The van der Waals surface area contributed by atoms with E-state index in [0.29, 0.717) is 37.6 Å². The third-order valence-electron chi connectivity index (χ3n) is 4.33. The molecule has 4 rings (SSSR count). The molecule has 3 aromatic rings. The number of halogens is 2. The predicted octanol–water partition coefficient (Wildman–Crippen LogP) is 6.08. The average molecular weight is 457 g/mol. The summed E-state index contributed by atoms with van der Waals surface area (Å²) < 4.78 is 5.35. The molecular formula is C22H14Cl2N2O3S. The van der Waals surface area contributed by atoms with Crippen LogP contribution in [0.4, 0.5) is 5.69 Å². The first-order valence-electron chi connectivity index (χ1n) is 8.85. The Kier molecular flexibility index (Phi) is 5.72. The number of amides is 1. The third kappa shape index (κ3) is 4.16. The van der Waals surface area contributed by atoms with Crippen molar-refractivity contribution in [3.63, 3.8) is 0 Å². The van der Waals surface area contributed by atoms with Gasteiger partial charge in [0.25, 0.3) is 5.91 Å². The van der Waals surface area contributed by atoms with Crippen LogP contribution in [0.15, 0.2) is 70.7 Å². The van der Waals surface area contributed by atoms with Gasteiger partial charge in [-0.15, -0.1) is 11.3 Å². The minimum Gasteiger partial charge on any atom is -0.422 e. The zero-order valence-corrected chi connectivity index (χ0v) is 18.0. The molecule has 0 unspecified atom stereocenters. The van der Waals surface area contributed by atoms with Crippen LogP contribution in [0, 0.1) is 0 Å². The summed E-state index contributed by atoms with van der Waals surface area (Å²) >= 11 is 13.3. The highest BCUT2D eigenvalue weighted by atomic mass is 35.5. The van der Waals surface area contributed by atoms with E-state index < -0.39 is 5.97 Å². The molecule has 0 radical (unpaired) electrons. The number of rotatable bonds is 4. The molecule has 5 nitrogen and oxygen atoms in total. The Morgan fingerprint density at radius 3 is 2.53 bits per heavy atom. The zero-order valence-electron chi connectivity index (χ0n) is 15.6. The molecule has 0 saturated carbocycles. The number of hydrogen-bond acceptors (Lipinski definition) is 5. The molecule has 150 valence electrons. The van der Waals surface area contributed by atoms with Crippen molar-refractivity contribution < 1.29 is 14.3 Å². The summed E-state index contributed by atoms with van der Waals surface area (Å²) in [7, 11) is 0. The maximum atomic E-state index is 12.9. The molecule has 0 aliphatic carbocycles. The largest absolute Gasteiger partial charge is 0.422 e. The smallest absolute Gasteiger partial charge is 0.353 e. The van der Waals surface area contributed by atoms with E-state index in [1.807, 2.05) is 5.38 Å². The van der Waals surface area contributed by atoms with Gasteiger partial charge < -0.3 is 4.74 Å². The molecule has 0 saturated heterocycles. The first-order valence-corrected chi connectivity index (χ1v) is 10.5. The number of esters is 1. The SMILES string of the molecule is CC1=NN(c2ccc(Cl)c(Cl)c2)C(=O)/C1=C/c1ccc(OC(=O)c2cccs2)cc1. The standard InChI is InChI=1S/C22H14Cl2N2O3S/c1-13-17(21(27)26(25-13)15-6-9-18(23)19(24)12-15)11-14-4-7-16(8-5-14)29-22(28)20-3-2-10-30-20/h2-12H,1H3/b17-11+. The van der Waals surface area contributed by atoms with Gasteiger partial charge in [0.05, 0.1) is 27.0 Å². The van der Waals surface area contributed by atoms with E-state index in [1.165, 1.54) is 16.3 Å². The molecule has 1 amide bonds. The molecule has 0 bridgehead atoms. The second-order valence-corrected chi connectivity index (χ2v) is 8.16. The van der Waals surface area contributed by atoms with E-state index in [4.69, 9.17) is 27.9 Å². The van der Waals surface area contributed by atoms with Crippen LogP contribution in [0.5, 0.6) is 5.75 Å². The molecule has 0 fully saturated rings. The minimum absolute atomic E-state index is 0.265. The highest BCUT2D eigenvalue weighted by molar-refractivity contribution is 7.12. The van der Waals surface area contributed by atoms with Crippen LogP contribution < -0.4 is 9.75 Å². The fraction of sp³-hybridized carbons (Fsp3) is 0.0455. The van der Waals surface area contributed by atoms with Gasteiger partial charge in [-0.25, -0.2) is 4.79 Å². The Bertz CT molecular complexity index is 1190. The summed E-state index contributed by atoms with van der Waals surface area (Å²) in [6, 6.07) is 15.3. The topological polar surface area (TPSA) is 59.0 Å². The Morgan fingerprint density at radius 1 is 1.10 bits per heavy atom. The molecular weight excluding hydrogens is 443 g/mol. The van der Waals surface area contributed by atoms with Crippen molar-refractivity contribution >= 4 is 63.9 Å². The van der Waals surface area contributed by atoms with E-state index in [-0.39, 0.29) is 5.91 Å². The lowest BCUT2D eigenvalue weighted by molar-refractivity contribution is -0.114. The van der Waals surface area contributed by atoms with Crippen LogP contribution in [0.2, 0.25) is 10.0 Å². The lowest BCUT2D eigenvalue weighted by Gasteiger charge is -2.12. The van der Waals surface area contributed by atoms with E-state index in [2.05, 4.69) is 5.10 Å². The predicted molar refractivity (Wildman–Crippen MR) is 121 cm³/mol. The monoisotopic (exact) mass is 456 g/mol. The first kappa shape index (κ1) is 20.3. The summed E-state index contributed by atoms with van der Waals surface area (Å²) in [4.78, 5) is 25.4. The van der Waals surface area contributed by atoms with Gasteiger partial charge >= 0.3 is 5.97 Å². The fourth-order valence-electron chi connectivity index (χ4n) is 2.83. The molecule has 2 heterocycles. The third-order valence-corrected chi connectivity index (χ3v) is 5.92. The number of hydrazone groups is 1. The second kappa shape index (κ2) is 8.44. The van der Waals surface area contributed by atoms with Gasteiger partial charge in [-0.3, -0.25) is 4.79 Å². The Morgan fingerprint density at radius 2 is 1.87 bits per heavy atom. The fourth-order valence-corrected chi connectivity index (χ4v) is 3.72. The number of ether oxygens (including phenoxy) is 1. The van der Waals surface area contributed by atoms with E-state index in [0.717, 1.165) is 5.56 Å². The highest BCUT2D eigenvalue weighted by Gasteiger charge is 2.29. The van der Waals surface area contributed by atoms with Crippen molar-refractivity contribution in [2.75, 3.05) is 5.01 Å². The number of carbonyl (C=O) groups is 2. The van der Waals surface area contributed by atoms with E-state index in [1.54, 1.807) is 67.6 Å². The average Bonchev–Trinajstić information content (AvgIpc) is 3.36. The summed E-state index contributed by atoms with van der Waals surface area (Å²) in [5, 5.41) is 8.20. The van der Waals surface area contributed by atoms with Crippen molar-refractivity contribution in [3.05, 3.63) is 86.0 Å². The molecule has 1 aromatic heterocycles. The minimum atomic E-state index is -0.401. The molecule has 30 heavy (non-hydrogen) atoms. The van der Waals surface area contributed by atoms with Crippen LogP contribution in [-0.2, 0) is 4.79 Å². The zero-order chi connectivity index (χ0) is 21.3. The van der Waals surface area contributed by atoms with Crippen LogP contribution >= 0.6 is 34.5 Å². The number of benzene rings is 2. The normalized spacial score (nSPS) is 14.9. The quantitative estimate of drug-likeness (QED) is 0.271. The van der Waals surface area contributed by atoms with Crippen molar-refractivity contribution in [2.45, 2.75) is 6.92 Å². The number of hydrogen-bond donors (Lipinski definition) is 0. The van der Waals surface area contributed by atoms with Gasteiger partial charge in [-0.05, 0) is 60.3 Å². The lowest BCUT2D eigenvalue weighted by atomic mass is 10.1. The number of nitrogens with zero attached hydrogens (tertiary/aromatic N) is 2. The van der Waals surface area contributed by atoms with Gasteiger partial charge in [0, 0.05) is 0 Å². The summed E-state index contributed by atoms with van der Waals surface area (Å²) in [5.74, 6) is -0.238. The van der Waals surface area contributed by atoms with Crippen LogP contribution in [0.3, 0.4) is 0 Å². The molecule has 0 N–H and O–H groups in total. The maximum Gasteiger partial charge on any atom is 0.353 e. The van der Waals surface area contributed by atoms with Crippen LogP contribution in [0.25, 0.3) is 6.08 Å². The maximum absolute atomic E-state index is 12.9. The number of carbonyl (C=O) groups excluding carboxylic acids is 2. The van der Waals surface area contributed by atoms with E-state index >= 15 is 0 Å². The van der Waals surface area contributed by atoms with Crippen molar-refractivity contribution in [1.82, 2.24) is 0 Å². The number of thiophene rings is 1.